The lowest BCUT2D eigenvalue weighted by Gasteiger charge is -2.27. The van der Waals surface area contributed by atoms with Gasteiger partial charge in [0.15, 0.2) is 0 Å². The van der Waals surface area contributed by atoms with Crippen LogP contribution in [-0.2, 0) is 19.6 Å². The monoisotopic (exact) mass is 414 g/mol. The second kappa shape index (κ2) is 9.05. The number of anilines is 2. The van der Waals surface area contributed by atoms with E-state index in [9.17, 15) is 13.2 Å². The molecule has 0 aromatic heterocycles. The highest BCUT2D eigenvalue weighted by molar-refractivity contribution is 7.89. The zero-order valence-electron chi connectivity index (χ0n) is 16.0. The number of nitrogens with one attached hydrogen (secondary N) is 2. The molecule has 0 bridgehead atoms. The van der Waals surface area contributed by atoms with E-state index < -0.39 is 10.0 Å². The summed E-state index contributed by atoms with van der Waals surface area (Å²) in [5.41, 5.74) is 2.27. The van der Waals surface area contributed by atoms with E-state index in [1.807, 2.05) is 6.07 Å². The second-order valence-electron chi connectivity index (χ2n) is 6.59. The molecule has 0 saturated carbocycles. The van der Waals surface area contributed by atoms with E-state index >= 15 is 0 Å². The molecule has 1 amide bonds. The van der Waals surface area contributed by atoms with Crippen LogP contribution in [0.2, 0.25) is 0 Å². The fourth-order valence-corrected chi connectivity index (χ4v) is 4.59. The van der Waals surface area contributed by atoms with Crippen LogP contribution < -0.4 is 10.6 Å². The number of ether oxygens (including phenoxy) is 1. The minimum atomic E-state index is -3.62. The zero-order chi connectivity index (χ0) is 20.9. The summed E-state index contributed by atoms with van der Waals surface area (Å²) in [4.78, 5) is 12.4. The van der Waals surface area contributed by atoms with E-state index in [1.54, 1.807) is 49.4 Å². The average Bonchev–Trinajstić information content (AvgIpc) is 2.74. The fraction of sp³-hybridized carbons (Fsp3) is 0.300. The van der Waals surface area contributed by atoms with Crippen molar-refractivity contribution in [2.75, 3.05) is 43.5 Å². The lowest BCUT2D eigenvalue weighted by Crippen LogP contribution is -2.40. The summed E-state index contributed by atoms with van der Waals surface area (Å²) < 4.78 is 32.5. The van der Waals surface area contributed by atoms with Gasteiger partial charge in [-0.15, -0.1) is 0 Å². The number of sulfonamides is 1. The molecule has 1 heterocycles. The summed E-state index contributed by atoms with van der Waals surface area (Å²) in [5, 5.41) is 14.5. The molecule has 0 aliphatic carbocycles. The predicted molar refractivity (Wildman–Crippen MR) is 109 cm³/mol. The Morgan fingerprint density at radius 3 is 2.45 bits per heavy atom. The summed E-state index contributed by atoms with van der Waals surface area (Å²) in [6.45, 7) is 3.13. The number of morpholine rings is 1. The van der Waals surface area contributed by atoms with Gasteiger partial charge in [0.25, 0.3) is 0 Å². The molecule has 2 N–H and O–H groups in total. The number of benzene rings is 2. The van der Waals surface area contributed by atoms with Crippen LogP contribution in [-0.4, -0.2) is 51.5 Å². The normalized spacial score (nSPS) is 14.8. The summed E-state index contributed by atoms with van der Waals surface area (Å²) in [5.74, 6) is -0.284. The second-order valence-corrected chi connectivity index (χ2v) is 8.49. The number of amides is 1. The highest BCUT2D eigenvalue weighted by atomic mass is 32.2. The molecule has 0 spiro atoms. The first kappa shape index (κ1) is 20.8. The van der Waals surface area contributed by atoms with Crippen molar-refractivity contribution < 1.29 is 17.9 Å². The van der Waals surface area contributed by atoms with Gasteiger partial charge < -0.3 is 15.4 Å². The number of hydrogen-bond donors (Lipinski definition) is 2. The lowest BCUT2D eigenvalue weighted by atomic mass is 10.2. The molecule has 2 aromatic carbocycles. The summed E-state index contributed by atoms with van der Waals surface area (Å²) in [7, 11) is -3.62. The first-order valence-corrected chi connectivity index (χ1v) is 10.6. The Morgan fingerprint density at radius 2 is 1.79 bits per heavy atom. The molecule has 29 heavy (non-hydrogen) atoms. The summed E-state index contributed by atoms with van der Waals surface area (Å²) in [6.07, 6.45) is 0. The third-order valence-corrected chi connectivity index (χ3v) is 6.57. The quantitative estimate of drug-likeness (QED) is 0.747. The molecule has 2 aromatic rings. The van der Waals surface area contributed by atoms with E-state index in [0.717, 1.165) is 0 Å². The van der Waals surface area contributed by atoms with Gasteiger partial charge >= 0.3 is 0 Å². The average molecular weight is 414 g/mol. The first-order valence-electron chi connectivity index (χ1n) is 9.12. The standard InChI is InChI=1S/C20H22N4O4S/c1-15-2-5-18(12-19(15)29(26,27)24-8-10-28-11-9-24)22-14-20(25)23-17-6-3-16(13-21)4-7-17/h2-7,12,22H,8-11,14H2,1H3,(H,23,25). The van der Waals surface area contributed by atoms with Crippen molar-refractivity contribution in [1.82, 2.24) is 4.31 Å². The minimum Gasteiger partial charge on any atom is -0.379 e. The number of aryl methyl sites for hydroxylation is 1. The lowest BCUT2D eigenvalue weighted by molar-refractivity contribution is -0.114. The fourth-order valence-electron chi connectivity index (χ4n) is 2.93. The van der Waals surface area contributed by atoms with Crippen molar-refractivity contribution in [3.05, 3.63) is 53.6 Å². The van der Waals surface area contributed by atoms with Crippen LogP contribution in [0.3, 0.4) is 0 Å². The molecule has 1 fully saturated rings. The van der Waals surface area contributed by atoms with Crippen LogP contribution in [0.5, 0.6) is 0 Å². The van der Waals surface area contributed by atoms with Crippen molar-refractivity contribution in [1.29, 1.82) is 5.26 Å². The van der Waals surface area contributed by atoms with E-state index in [4.69, 9.17) is 10.00 Å². The van der Waals surface area contributed by atoms with Crippen molar-refractivity contribution in [2.45, 2.75) is 11.8 Å². The van der Waals surface area contributed by atoms with Crippen molar-refractivity contribution >= 4 is 27.3 Å². The molecule has 1 saturated heterocycles. The van der Waals surface area contributed by atoms with E-state index in [-0.39, 0.29) is 17.3 Å². The van der Waals surface area contributed by atoms with Crippen LogP contribution in [0.15, 0.2) is 47.4 Å². The van der Waals surface area contributed by atoms with Gasteiger partial charge in [0.2, 0.25) is 15.9 Å². The summed E-state index contributed by atoms with van der Waals surface area (Å²) in [6, 6.07) is 13.6. The predicted octanol–water partition coefficient (Wildman–Crippen LogP) is 1.94. The Hall–Kier alpha value is -2.93. The van der Waals surface area contributed by atoms with Gasteiger partial charge in [-0.05, 0) is 48.9 Å². The van der Waals surface area contributed by atoms with Crippen LogP contribution in [0.1, 0.15) is 11.1 Å². The molecule has 9 heteroatoms. The molecule has 0 atom stereocenters. The van der Waals surface area contributed by atoms with Gasteiger partial charge in [-0.3, -0.25) is 4.79 Å². The van der Waals surface area contributed by atoms with E-state index in [0.29, 0.717) is 48.8 Å². The maximum Gasteiger partial charge on any atom is 0.243 e. The smallest absolute Gasteiger partial charge is 0.243 e. The third kappa shape index (κ3) is 5.12. The molecule has 8 nitrogen and oxygen atoms in total. The maximum atomic E-state index is 12.9. The molecule has 0 radical (unpaired) electrons. The Balaban J connectivity index is 1.66. The SMILES string of the molecule is Cc1ccc(NCC(=O)Nc2ccc(C#N)cc2)cc1S(=O)(=O)N1CCOCC1. The molecule has 1 aliphatic rings. The number of nitrogens with zero attached hydrogens (tertiary/aromatic N) is 2. The van der Waals surface area contributed by atoms with Gasteiger partial charge in [0, 0.05) is 24.5 Å². The van der Waals surface area contributed by atoms with Crippen molar-refractivity contribution in [2.24, 2.45) is 0 Å². The molecule has 152 valence electrons. The van der Waals surface area contributed by atoms with Crippen molar-refractivity contribution in [3.63, 3.8) is 0 Å². The molecule has 1 aliphatic heterocycles. The number of carbonyl (C=O) groups excluding carboxylic acids is 1. The molecular formula is C20H22N4O4S. The van der Waals surface area contributed by atoms with Crippen LogP contribution in [0.25, 0.3) is 0 Å². The Morgan fingerprint density at radius 1 is 1.14 bits per heavy atom. The highest BCUT2D eigenvalue weighted by Crippen LogP contribution is 2.24. The van der Waals surface area contributed by atoms with Crippen molar-refractivity contribution in [3.8, 4) is 6.07 Å². The van der Waals surface area contributed by atoms with Crippen LogP contribution >= 0.6 is 0 Å². The van der Waals surface area contributed by atoms with Crippen LogP contribution in [0, 0.1) is 18.3 Å². The Labute approximate surface area is 170 Å². The van der Waals surface area contributed by atoms with Gasteiger partial charge in [0.05, 0.1) is 36.3 Å². The van der Waals surface area contributed by atoms with Crippen LogP contribution in [0.4, 0.5) is 11.4 Å². The third-order valence-electron chi connectivity index (χ3n) is 4.53. The van der Waals surface area contributed by atoms with E-state index in [1.165, 1.54) is 4.31 Å². The maximum absolute atomic E-state index is 12.9. The van der Waals surface area contributed by atoms with Gasteiger partial charge in [0.1, 0.15) is 0 Å². The molecule has 3 rings (SSSR count). The van der Waals surface area contributed by atoms with E-state index in [2.05, 4.69) is 10.6 Å². The number of hydrogen-bond acceptors (Lipinski definition) is 6. The number of rotatable bonds is 6. The molecular weight excluding hydrogens is 392 g/mol. The first-order chi connectivity index (χ1) is 13.9. The van der Waals surface area contributed by atoms with Gasteiger partial charge in [-0.2, -0.15) is 9.57 Å². The number of carbonyl (C=O) groups is 1. The highest BCUT2D eigenvalue weighted by Gasteiger charge is 2.27. The van der Waals surface area contributed by atoms with Gasteiger partial charge in [-0.25, -0.2) is 8.42 Å². The Kier molecular flexibility index (Phi) is 6.49. The zero-order valence-corrected chi connectivity index (χ0v) is 16.8. The number of nitriles is 1. The molecule has 0 unspecified atom stereocenters. The minimum absolute atomic E-state index is 0.0277. The topological polar surface area (TPSA) is 112 Å². The van der Waals surface area contributed by atoms with Gasteiger partial charge in [-0.1, -0.05) is 6.07 Å². The largest absolute Gasteiger partial charge is 0.379 e. The summed E-state index contributed by atoms with van der Waals surface area (Å²) >= 11 is 0. The Bertz CT molecular complexity index is 1020.